The Labute approximate surface area is 126 Å². The molecule has 6 nitrogen and oxygen atoms in total. The predicted octanol–water partition coefficient (Wildman–Crippen LogP) is 2.38. The summed E-state index contributed by atoms with van der Waals surface area (Å²) in [6.07, 6.45) is 2.48. The third-order valence-corrected chi connectivity index (χ3v) is 2.72. The number of rotatable bonds is 11. The highest BCUT2D eigenvalue weighted by atomic mass is 16.6. The van der Waals surface area contributed by atoms with Crippen LogP contribution in [0.1, 0.15) is 59.3 Å². The van der Waals surface area contributed by atoms with E-state index in [2.05, 4.69) is 6.92 Å². The van der Waals surface area contributed by atoms with Crippen LogP contribution in [0.2, 0.25) is 0 Å². The standard InChI is InChI=1S/C15H26O6/c1-4-7-8-9-10-13(16)21-12(15(18)20-6-3)11-14(17)19-5-2/h12H,4-11H2,1-3H3/t12-/m1/s1. The number of hydrogen-bond acceptors (Lipinski definition) is 6. The Kier molecular flexibility index (Phi) is 11.3. The maximum Gasteiger partial charge on any atom is 0.348 e. The van der Waals surface area contributed by atoms with E-state index in [0.29, 0.717) is 6.42 Å². The molecule has 0 aromatic heterocycles. The highest BCUT2D eigenvalue weighted by Crippen LogP contribution is 2.09. The minimum absolute atomic E-state index is 0.159. The molecule has 0 spiro atoms. The maximum absolute atomic E-state index is 11.7. The molecule has 0 N–H and O–H groups in total. The molecule has 0 aliphatic rings. The molecule has 0 aliphatic heterocycles. The van der Waals surface area contributed by atoms with E-state index >= 15 is 0 Å². The summed E-state index contributed by atoms with van der Waals surface area (Å²) in [5.41, 5.74) is 0. The van der Waals surface area contributed by atoms with Gasteiger partial charge in [-0.15, -0.1) is 0 Å². The van der Waals surface area contributed by atoms with Crippen molar-refractivity contribution in [1.82, 2.24) is 0 Å². The summed E-state index contributed by atoms with van der Waals surface area (Å²) < 4.78 is 14.6. The van der Waals surface area contributed by atoms with Crippen molar-refractivity contribution in [1.29, 1.82) is 0 Å². The van der Waals surface area contributed by atoms with Crippen molar-refractivity contribution in [2.45, 2.75) is 65.4 Å². The molecule has 0 fully saturated rings. The predicted molar refractivity (Wildman–Crippen MR) is 76.5 cm³/mol. The zero-order valence-electron chi connectivity index (χ0n) is 13.2. The van der Waals surface area contributed by atoms with Crippen molar-refractivity contribution in [3.8, 4) is 0 Å². The molecular weight excluding hydrogens is 276 g/mol. The average Bonchev–Trinajstić information content (AvgIpc) is 2.43. The second kappa shape index (κ2) is 12.2. The van der Waals surface area contributed by atoms with Crippen LogP contribution >= 0.6 is 0 Å². The minimum Gasteiger partial charge on any atom is -0.466 e. The Morgan fingerprint density at radius 2 is 1.52 bits per heavy atom. The molecule has 1 atom stereocenters. The fourth-order valence-electron chi connectivity index (χ4n) is 1.69. The Bertz CT molecular complexity index is 326. The van der Waals surface area contributed by atoms with Gasteiger partial charge in [0.2, 0.25) is 6.10 Å². The van der Waals surface area contributed by atoms with E-state index < -0.39 is 24.0 Å². The topological polar surface area (TPSA) is 78.9 Å². The van der Waals surface area contributed by atoms with Crippen LogP contribution in [0.15, 0.2) is 0 Å². The van der Waals surface area contributed by atoms with E-state index in [0.717, 1.165) is 19.3 Å². The number of carbonyl (C=O) groups excluding carboxylic acids is 3. The van der Waals surface area contributed by atoms with Gasteiger partial charge in [0.25, 0.3) is 0 Å². The van der Waals surface area contributed by atoms with Crippen molar-refractivity contribution in [2.24, 2.45) is 0 Å². The second-order valence-electron chi connectivity index (χ2n) is 4.55. The van der Waals surface area contributed by atoms with Gasteiger partial charge in [-0.25, -0.2) is 4.79 Å². The largest absolute Gasteiger partial charge is 0.466 e. The lowest BCUT2D eigenvalue weighted by Crippen LogP contribution is -2.32. The van der Waals surface area contributed by atoms with E-state index in [9.17, 15) is 14.4 Å². The lowest BCUT2D eigenvalue weighted by Gasteiger charge is -2.15. The lowest BCUT2D eigenvalue weighted by molar-refractivity contribution is -0.171. The van der Waals surface area contributed by atoms with Crippen molar-refractivity contribution in [3.05, 3.63) is 0 Å². The van der Waals surface area contributed by atoms with Crippen LogP contribution in [-0.2, 0) is 28.6 Å². The van der Waals surface area contributed by atoms with Gasteiger partial charge in [-0.2, -0.15) is 0 Å². The molecule has 0 amide bonds. The van der Waals surface area contributed by atoms with Crippen molar-refractivity contribution >= 4 is 17.9 Å². The first-order chi connectivity index (χ1) is 10.0. The number of unbranched alkanes of at least 4 members (excludes halogenated alkanes) is 3. The van der Waals surface area contributed by atoms with Crippen LogP contribution in [0.4, 0.5) is 0 Å². The smallest absolute Gasteiger partial charge is 0.348 e. The SMILES string of the molecule is CCCCCCC(=O)O[C@H](CC(=O)OCC)C(=O)OCC. The van der Waals surface area contributed by atoms with Crippen molar-refractivity contribution in [2.75, 3.05) is 13.2 Å². The van der Waals surface area contributed by atoms with Crippen LogP contribution in [-0.4, -0.2) is 37.2 Å². The van der Waals surface area contributed by atoms with E-state index in [1.807, 2.05) is 0 Å². The molecule has 0 radical (unpaired) electrons. The average molecular weight is 302 g/mol. The zero-order chi connectivity index (χ0) is 16.1. The highest BCUT2D eigenvalue weighted by Gasteiger charge is 2.27. The summed E-state index contributed by atoms with van der Waals surface area (Å²) in [5, 5.41) is 0. The molecule has 6 heteroatoms. The Morgan fingerprint density at radius 1 is 0.857 bits per heavy atom. The van der Waals surface area contributed by atoms with E-state index in [-0.39, 0.29) is 26.1 Å². The molecule has 0 heterocycles. The molecule has 0 aromatic rings. The lowest BCUT2D eigenvalue weighted by atomic mass is 10.1. The normalized spacial score (nSPS) is 11.6. The van der Waals surface area contributed by atoms with Gasteiger partial charge < -0.3 is 14.2 Å². The minimum atomic E-state index is -1.22. The number of ether oxygens (including phenoxy) is 3. The second-order valence-corrected chi connectivity index (χ2v) is 4.55. The molecule has 0 unspecified atom stereocenters. The molecule has 0 aromatic carbocycles. The first-order valence-corrected chi connectivity index (χ1v) is 7.56. The molecule has 0 rings (SSSR count). The molecule has 0 aliphatic carbocycles. The van der Waals surface area contributed by atoms with Gasteiger partial charge in [0.1, 0.15) is 0 Å². The molecule has 21 heavy (non-hydrogen) atoms. The maximum atomic E-state index is 11.7. The summed E-state index contributed by atoms with van der Waals surface area (Å²) in [6, 6.07) is 0. The third-order valence-electron chi connectivity index (χ3n) is 2.72. The molecule has 0 bridgehead atoms. The molecule has 122 valence electrons. The molecule has 0 saturated carbocycles. The Hall–Kier alpha value is -1.59. The van der Waals surface area contributed by atoms with Gasteiger partial charge in [0.15, 0.2) is 0 Å². The van der Waals surface area contributed by atoms with Crippen LogP contribution in [0, 0.1) is 0 Å². The Balaban J connectivity index is 4.34. The zero-order valence-corrected chi connectivity index (χ0v) is 13.2. The van der Waals surface area contributed by atoms with Gasteiger partial charge in [0.05, 0.1) is 19.6 Å². The van der Waals surface area contributed by atoms with E-state index in [4.69, 9.17) is 14.2 Å². The van der Waals surface area contributed by atoms with Gasteiger partial charge in [-0.1, -0.05) is 26.2 Å². The van der Waals surface area contributed by atoms with E-state index in [1.54, 1.807) is 13.8 Å². The van der Waals surface area contributed by atoms with Crippen LogP contribution in [0.3, 0.4) is 0 Å². The Morgan fingerprint density at radius 3 is 2.10 bits per heavy atom. The van der Waals surface area contributed by atoms with Crippen LogP contribution in [0.25, 0.3) is 0 Å². The molecular formula is C15H26O6. The summed E-state index contributed by atoms with van der Waals surface area (Å²) in [6.45, 7) is 5.75. The highest BCUT2D eigenvalue weighted by molar-refractivity contribution is 5.84. The van der Waals surface area contributed by atoms with Gasteiger partial charge in [-0.3, -0.25) is 9.59 Å². The van der Waals surface area contributed by atoms with Crippen molar-refractivity contribution in [3.63, 3.8) is 0 Å². The fourth-order valence-corrected chi connectivity index (χ4v) is 1.69. The first kappa shape index (κ1) is 19.4. The van der Waals surface area contributed by atoms with Crippen LogP contribution in [0.5, 0.6) is 0 Å². The number of carbonyl (C=O) groups is 3. The van der Waals surface area contributed by atoms with Gasteiger partial charge >= 0.3 is 17.9 Å². The summed E-state index contributed by atoms with van der Waals surface area (Å²) >= 11 is 0. The van der Waals surface area contributed by atoms with Crippen molar-refractivity contribution < 1.29 is 28.6 Å². The number of esters is 3. The monoisotopic (exact) mass is 302 g/mol. The quantitative estimate of drug-likeness (QED) is 0.331. The van der Waals surface area contributed by atoms with Gasteiger partial charge in [-0.05, 0) is 20.3 Å². The third kappa shape index (κ3) is 9.87. The number of hydrogen-bond donors (Lipinski definition) is 0. The fraction of sp³-hybridized carbons (Fsp3) is 0.800. The van der Waals surface area contributed by atoms with E-state index in [1.165, 1.54) is 0 Å². The first-order valence-electron chi connectivity index (χ1n) is 7.56. The van der Waals surface area contributed by atoms with Crippen LogP contribution < -0.4 is 0 Å². The summed E-state index contributed by atoms with van der Waals surface area (Å²) in [5.74, 6) is -1.80. The molecule has 0 saturated heterocycles. The summed E-state index contributed by atoms with van der Waals surface area (Å²) in [4.78, 5) is 34.8. The summed E-state index contributed by atoms with van der Waals surface area (Å²) in [7, 11) is 0. The van der Waals surface area contributed by atoms with Gasteiger partial charge in [0, 0.05) is 6.42 Å².